The first-order chi connectivity index (χ1) is 10.7. The van der Waals surface area contributed by atoms with E-state index in [9.17, 15) is 29.1 Å². The van der Waals surface area contributed by atoms with Gasteiger partial charge in [0.2, 0.25) is 5.91 Å². The normalized spacial score (nSPS) is 24.3. The highest BCUT2D eigenvalue weighted by Gasteiger charge is 2.59. The number of thioether (sulfide) groups is 1. The number of carboxylic acid groups (broad SMARTS) is 1. The van der Waals surface area contributed by atoms with Crippen molar-refractivity contribution < 1.29 is 29.1 Å². The smallest absolute Gasteiger partial charge is 0.326 e. The standard InChI is InChI=1S/C15H19NO6S/c1-8(6-23-9(2)17)13(20)16-7-15(5-10(16)14(21)22)11(18)3-4-12(15)19/h8,10H,3-7H2,1-2H3,(H,21,22). The summed E-state index contributed by atoms with van der Waals surface area (Å²) in [5, 5.41) is 9.25. The Labute approximate surface area is 137 Å². The summed E-state index contributed by atoms with van der Waals surface area (Å²) in [6.07, 6.45) is 0.0875. The number of rotatable bonds is 4. The van der Waals surface area contributed by atoms with Gasteiger partial charge < -0.3 is 10.0 Å². The lowest BCUT2D eigenvalue weighted by Gasteiger charge is -2.25. The number of nitrogens with zero attached hydrogens (tertiary/aromatic N) is 1. The Kier molecular flexibility index (Phi) is 4.93. The topological polar surface area (TPSA) is 109 Å². The van der Waals surface area contributed by atoms with Crippen molar-refractivity contribution in [1.29, 1.82) is 0 Å². The van der Waals surface area contributed by atoms with Crippen LogP contribution in [-0.2, 0) is 24.0 Å². The summed E-state index contributed by atoms with van der Waals surface area (Å²) in [6, 6.07) is -1.17. The van der Waals surface area contributed by atoms with Crippen LogP contribution in [0.25, 0.3) is 0 Å². The van der Waals surface area contributed by atoms with Crippen LogP contribution in [0.1, 0.15) is 33.1 Å². The van der Waals surface area contributed by atoms with Crippen LogP contribution in [0.4, 0.5) is 0 Å². The van der Waals surface area contributed by atoms with E-state index < -0.39 is 29.3 Å². The molecule has 1 N–H and O–H groups in total. The van der Waals surface area contributed by atoms with Crippen LogP contribution in [0.15, 0.2) is 0 Å². The zero-order valence-corrected chi connectivity index (χ0v) is 13.9. The number of likely N-dealkylation sites (tertiary alicyclic amines) is 1. The Balaban J connectivity index is 2.21. The number of Topliss-reactive ketones (excluding diaryl/α,β-unsaturated/α-hetero) is 2. The van der Waals surface area contributed by atoms with Gasteiger partial charge in [0, 0.05) is 38.0 Å². The van der Waals surface area contributed by atoms with Gasteiger partial charge in [-0.1, -0.05) is 18.7 Å². The van der Waals surface area contributed by atoms with Crippen molar-refractivity contribution in [1.82, 2.24) is 4.90 Å². The summed E-state index contributed by atoms with van der Waals surface area (Å²) in [4.78, 5) is 60.4. The second-order valence-electron chi connectivity index (χ2n) is 6.16. The van der Waals surface area contributed by atoms with Crippen molar-refractivity contribution in [2.24, 2.45) is 11.3 Å². The molecule has 23 heavy (non-hydrogen) atoms. The van der Waals surface area contributed by atoms with Crippen LogP contribution >= 0.6 is 11.8 Å². The van der Waals surface area contributed by atoms with Crippen LogP contribution in [0.2, 0.25) is 0 Å². The molecular weight excluding hydrogens is 322 g/mol. The van der Waals surface area contributed by atoms with Gasteiger partial charge in [-0.2, -0.15) is 0 Å². The molecule has 2 rings (SSSR count). The molecule has 2 unspecified atom stereocenters. The minimum absolute atomic E-state index is 0.114. The van der Waals surface area contributed by atoms with Gasteiger partial charge in [-0.3, -0.25) is 19.2 Å². The Morgan fingerprint density at radius 1 is 1.30 bits per heavy atom. The van der Waals surface area contributed by atoms with Crippen LogP contribution in [0.5, 0.6) is 0 Å². The van der Waals surface area contributed by atoms with Crippen molar-refractivity contribution in [2.75, 3.05) is 12.3 Å². The van der Waals surface area contributed by atoms with Gasteiger partial charge in [0.05, 0.1) is 0 Å². The van der Waals surface area contributed by atoms with E-state index in [4.69, 9.17) is 0 Å². The summed E-state index contributed by atoms with van der Waals surface area (Å²) in [7, 11) is 0. The Morgan fingerprint density at radius 3 is 2.35 bits per heavy atom. The molecule has 1 aliphatic carbocycles. The molecule has 0 bridgehead atoms. The van der Waals surface area contributed by atoms with E-state index in [1.54, 1.807) is 6.92 Å². The van der Waals surface area contributed by atoms with Gasteiger partial charge in [-0.15, -0.1) is 0 Å². The van der Waals surface area contributed by atoms with E-state index in [2.05, 4.69) is 0 Å². The maximum absolute atomic E-state index is 12.5. The number of amides is 1. The van der Waals surface area contributed by atoms with E-state index >= 15 is 0 Å². The summed E-state index contributed by atoms with van der Waals surface area (Å²) >= 11 is 0.993. The highest BCUT2D eigenvalue weighted by atomic mass is 32.2. The molecule has 8 heteroatoms. The van der Waals surface area contributed by atoms with E-state index in [-0.39, 0.29) is 48.2 Å². The minimum Gasteiger partial charge on any atom is -0.480 e. The highest BCUT2D eigenvalue weighted by Crippen LogP contribution is 2.43. The molecule has 2 aliphatic rings. The highest BCUT2D eigenvalue weighted by molar-refractivity contribution is 8.13. The molecule has 0 aromatic heterocycles. The third-order valence-corrected chi connectivity index (χ3v) is 5.60. The summed E-state index contributed by atoms with van der Waals surface area (Å²) < 4.78 is 0. The average molecular weight is 341 g/mol. The molecule has 1 saturated heterocycles. The molecule has 2 atom stereocenters. The molecule has 2 fully saturated rings. The van der Waals surface area contributed by atoms with E-state index in [1.807, 2.05) is 0 Å². The molecule has 126 valence electrons. The zero-order chi connectivity index (χ0) is 17.4. The average Bonchev–Trinajstić information content (AvgIpc) is 3.02. The van der Waals surface area contributed by atoms with Crippen molar-refractivity contribution in [3.63, 3.8) is 0 Å². The van der Waals surface area contributed by atoms with Crippen molar-refractivity contribution in [3.05, 3.63) is 0 Å². The van der Waals surface area contributed by atoms with Crippen molar-refractivity contribution in [2.45, 2.75) is 39.2 Å². The first-order valence-corrected chi connectivity index (χ1v) is 8.41. The quantitative estimate of drug-likeness (QED) is 0.742. The van der Waals surface area contributed by atoms with E-state index in [0.29, 0.717) is 0 Å². The fourth-order valence-corrected chi connectivity index (χ4v) is 3.85. The Morgan fingerprint density at radius 2 is 1.87 bits per heavy atom. The lowest BCUT2D eigenvalue weighted by molar-refractivity contribution is -0.149. The van der Waals surface area contributed by atoms with Crippen molar-refractivity contribution >= 4 is 40.3 Å². The van der Waals surface area contributed by atoms with Gasteiger partial charge >= 0.3 is 5.97 Å². The number of carbonyl (C=O) groups excluding carboxylic acids is 4. The fourth-order valence-electron chi connectivity index (χ4n) is 3.22. The van der Waals surface area contributed by atoms with Gasteiger partial charge in [-0.25, -0.2) is 4.79 Å². The molecule has 0 aromatic carbocycles. The predicted molar refractivity (Wildman–Crippen MR) is 81.7 cm³/mol. The third-order valence-electron chi connectivity index (χ3n) is 4.53. The lowest BCUT2D eigenvalue weighted by Crippen LogP contribution is -2.44. The van der Waals surface area contributed by atoms with Gasteiger partial charge in [0.15, 0.2) is 5.12 Å². The first-order valence-electron chi connectivity index (χ1n) is 7.42. The SMILES string of the molecule is CC(=O)SCC(C)C(=O)N1CC2(CC1C(=O)O)C(=O)CCC2=O. The second kappa shape index (κ2) is 6.43. The predicted octanol–water partition coefficient (Wildman–Crippen LogP) is 0.506. The number of hydrogen-bond acceptors (Lipinski definition) is 6. The molecule has 1 saturated carbocycles. The molecule has 1 aliphatic heterocycles. The molecular formula is C15H19NO6S. The van der Waals surface area contributed by atoms with Gasteiger partial charge in [0.1, 0.15) is 23.0 Å². The van der Waals surface area contributed by atoms with Crippen molar-refractivity contribution in [3.8, 4) is 0 Å². The Hall–Kier alpha value is -1.70. The molecule has 7 nitrogen and oxygen atoms in total. The second-order valence-corrected chi connectivity index (χ2v) is 7.35. The van der Waals surface area contributed by atoms with E-state index in [0.717, 1.165) is 16.7 Å². The van der Waals surface area contributed by atoms with E-state index in [1.165, 1.54) is 6.92 Å². The number of aliphatic carboxylic acids is 1. The molecule has 1 heterocycles. The number of carboxylic acids is 1. The van der Waals surface area contributed by atoms with Crippen LogP contribution in [0.3, 0.4) is 0 Å². The number of hydrogen-bond donors (Lipinski definition) is 1. The lowest BCUT2D eigenvalue weighted by atomic mass is 9.82. The number of carbonyl (C=O) groups is 5. The number of ketones is 2. The summed E-state index contributed by atoms with van der Waals surface area (Å²) in [5.74, 6) is -2.51. The zero-order valence-electron chi connectivity index (χ0n) is 13.0. The maximum atomic E-state index is 12.5. The van der Waals surface area contributed by atoms with Crippen LogP contribution in [-0.4, -0.2) is 56.9 Å². The monoisotopic (exact) mass is 341 g/mol. The Bertz CT molecular complexity index is 571. The molecule has 0 aromatic rings. The fraction of sp³-hybridized carbons (Fsp3) is 0.667. The van der Waals surface area contributed by atoms with Gasteiger partial charge in [0.25, 0.3) is 0 Å². The first kappa shape index (κ1) is 17.7. The summed E-state index contributed by atoms with van der Waals surface area (Å²) in [6.45, 7) is 2.85. The van der Waals surface area contributed by atoms with Crippen LogP contribution < -0.4 is 0 Å². The maximum Gasteiger partial charge on any atom is 0.326 e. The molecule has 1 amide bonds. The van der Waals surface area contributed by atoms with Crippen LogP contribution in [0, 0.1) is 11.3 Å². The minimum atomic E-state index is -1.34. The summed E-state index contributed by atoms with van der Waals surface area (Å²) in [5.41, 5.74) is -1.34. The largest absolute Gasteiger partial charge is 0.480 e. The van der Waals surface area contributed by atoms with Gasteiger partial charge in [-0.05, 0) is 6.42 Å². The molecule has 0 radical (unpaired) electrons. The molecule has 1 spiro atoms. The third kappa shape index (κ3) is 3.17.